The van der Waals surface area contributed by atoms with E-state index in [1.54, 1.807) is 0 Å². The van der Waals surface area contributed by atoms with Crippen molar-refractivity contribution < 1.29 is 0 Å². The number of imidazole rings is 1. The molecule has 1 aromatic heterocycles. The van der Waals surface area contributed by atoms with Crippen molar-refractivity contribution in [3.63, 3.8) is 0 Å². The van der Waals surface area contributed by atoms with Gasteiger partial charge in [-0.25, -0.2) is 4.98 Å². The van der Waals surface area contributed by atoms with Crippen molar-refractivity contribution in [3.05, 3.63) is 43.0 Å². The first kappa shape index (κ1) is 12.3. The molecule has 4 aliphatic rings. The quantitative estimate of drug-likeness (QED) is 0.764. The van der Waals surface area contributed by atoms with E-state index in [-0.39, 0.29) is 0 Å². The molecule has 1 aromatic rings. The van der Waals surface area contributed by atoms with Crippen LogP contribution >= 0.6 is 0 Å². The number of hydrogen-bond donors (Lipinski definition) is 0. The van der Waals surface area contributed by atoms with Gasteiger partial charge in [0.25, 0.3) is 0 Å². The van der Waals surface area contributed by atoms with Gasteiger partial charge in [0.05, 0.1) is 6.33 Å². The first-order chi connectivity index (χ1) is 10.4. The SMILES string of the molecule is C1=CC2CC1CC2C(Cn1ccnc1)C1CC2C=CC1C2. The van der Waals surface area contributed by atoms with Crippen LogP contribution < -0.4 is 0 Å². The molecule has 0 spiro atoms. The van der Waals surface area contributed by atoms with Crippen LogP contribution in [-0.2, 0) is 6.54 Å². The van der Waals surface area contributed by atoms with Gasteiger partial charge in [-0.2, -0.15) is 0 Å². The van der Waals surface area contributed by atoms with Crippen molar-refractivity contribution in [1.29, 1.82) is 0 Å². The fourth-order valence-electron chi connectivity index (χ4n) is 5.86. The van der Waals surface area contributed by atoms with Gasteiger partial charge in [-0.1, -0.05) is 24.3 Å². The van der Waals surface area contributed by atoms with Gasteiger partial charge in [0, 0.05) is 18.9 Å². The maximum Gasteiger partial charge on any atom is 0.0946 e. The van der Waals surface area contributed by atoms with Crippen molar-refractivity contribution in [2.75, 3.05) is 0 Å². The van der Waals surface area contributed by atoms with Gasteiger partial charge >= 0.3 is 0 Å². The van der Waals surface area contributed by atoms with Crippen LogP contribution in [-0.4, -0.2) is 9.55 Å². The maximum atomic E-state index is 4.26. The van der Waals surface area contributed by atoms with Crippen molar-refractivity contribution in [2.45, 2.75) is 32.2 Å². The van der Waals surface area contributed by atoms with Crippen LogP contribution in [0.1, 0.15) is 25.7 Å². The van der Waals surface area contributed by atoms with E-state index in [0.717, 1.165) is 41.4 Å². The molecule has 6 atom stereocenters. The Hall–Kier alpha value is -1.31. The first-order valence-electron chi connectivity index (χ1n) is 8.69. The topological polar surface area (TPSA) is 17.8 Å². The summed E-state index contributed by atoms with van der Waals surface area (Å²) in [6, 6.07) is 0. The van der Waals surface area contributed by atoms with E-state index in [2.05, 4.69) is 40.1 Å². The Kier molecular flexibility index (Phi) is 2.68. The van der Waals surface area contributed by atoms with E-state index < -0.39 is 0 Å². The fraction of sp³-hybridized carbons (Fsp3) is 0.632. The number of rotatable bonds is 4. The molecule has 5 rings (SSSR count). The molecule has 4 aliphatic carbocycles. The highest BCUT2D eigenvalue weighted by atomic mass is 15.0. The minimum absolute atomic E-state index is 0.846. The molecule has 2 nitrogen and oxygen atoms in total. The highest BCUT2D eigenvalue weighted by Crippen LogP contribution is 2.55. The van der Waals surface area contributed by atoms with Crippen LogP contribution in [0.15, 0.2) is 43.0 Å². The third-order valence-corrected chi connectivity index (χ3v) is 6.74. The summed E-state index contributed by atoms with van der Waals surface area (Å²) in [5, 5.41) is 0. The Morgan fingerprint density at radius 1 is 0.905 bits per heavy atom. The van der Waals surface area contributed by atoms with Crippen molar-refractivity contribution in [2.24, 2.45) is 41.4 Å². The first-order valence-corrected chi connectivity index (χ1v) is 8.69. The van der Waals surface area contributed by atoms with Crippen LogP contribution in [0.25, 0.3) is 0 Å². The normalized spacial score (nSPS) is 44.0. The molecule has 4 bridgehead atoms. The third-order valence-electron chi connectivity index (χ3n) is 6.74. The second kappa shape index (κ2) is 4.59. The molecule has 2 fully saturated rings. The van der Waals surface area contributed by atoms with Gasteiger partial charge in [-0.05, 0) is 67.1 Å². The summed E-state index contributed by atoms with van der Waals surface area (Å²) in [5.41, 5.74) is 0. The molecule has 0 saturated heterocycles. The molecular formula is C19H24N2. The fourth-order valence-corrected chi connectivity index (χ4v) is 5.86. The zero-order valence-corrected chi connectivity index (χ0v) is 12.5. The monoisotopic (exact) mass is 280 g/mol. The molecule has 0 N–H and O–H groups in total. The predicted molar refractivity (Wildman–Crippen MR) is 83.4 cm³/mol. The average Bonchev–Trinajstić information content (AvgIpc) is 3.31. The summed E-state index contributed by atoms with van der Waals surface area (Å²) < 4.78 is 2.33. The van der Waals surface area contributed by atoms with E-state index in [1.807, 2.05) is 12.5 Å². The second-order valence-electron chi connectivity index (χ2n) is 7.81. The molecule has 0 aromatic carbocycles. The summed E-state index contributed by atoms with van der Waals surface area (Å²) in [4.78, 5) is 4.26. The molecule has 110 valence electrons. The van der Waals surface area contributed by atoms with Gasteiger partial charge in [-0.3, -0.25) is 0 Å². The lowest BCUT2D eigenvalue weighted by Crippen LogP contribution is -2.32. The number of allylic oxidation sites excluding steroid dienone is 4. The summed E-state index contributed by atoms with van der Waals surface area (Å²) in [6.45, 7) is 1.18. The molecule has 0 radical (unpaired) electrons. The third kappa shape index (κ3) is 1.95. The van der Waals surface area contributed by atoms with E-state index in [0.29, 0.717) is 0 Å². The Labute approximate surface area is 127 Å². The molecule has 2 heteroatoms. The largest absolute Gasteiger partial charge is 0.337 e. The molecule has 0 amide bonds. The van der Waals surface area contributed by atoms with Gasteiger partial charge in [0.1, 0.15) is 0 Å². The molecule has 21 heavy (non-hydrogen) atoms. The number of aromatic nitrogens is 2. The highest BCUT2D eigenvalue weighted by molar-refractivity contribution is 5.15. The van der Waals surface area contributed by atoms with Crippen LogP contribution in [0.5, 0.6) is 0 Å². The standard InChI is InChI=1S/C19H24N2/c1-3-15-7-13(1)9-17(15)19(11-21-6-5-20-12-21)18-10-14-2-4-16(18)8-14/h1-6,12-19H,7-11H2. The van der Waals surface area contributed by atoms with E-state index in [4.69, 9.17) is 0 Å². The smallest absolute Gasteiger partial charge is 0.0946 e. The number of hydrogen-bond acceptors (Lipinski definition) is 1. The average molecular weight is 280 g/mol. The molecule has 2 saturated carbocycles. The molecular weight excluding hydrogens is 256 g/mol. The minimum atomic E-state index is 0.846. The summed E-state index contributed by atoms with van der Waals surface area (Å²) in [6.07, 6.45) is 21.9. The number of fused-ring (bicyclic) bond motifs is 4. The molecule has 0 aliphatic heterocycles. The summed E-state index contributed by atoms with van der Waals surface area (Å²) in [7, 11) is 0. The predicted octanol–water partition coefficient (Wildman–Crippen LogP) is 3.92. The van der Waals surface area contributed by atoms with Gasteiger partial charge in [0.15, 0.2) is 0 Å². The Morgan fingerprint density at radius 3 is 2.00 bits per heavy atom. The summed E-state index contributed by atoms with van der Waals surface area (Å²) in [5.74, 6) is 6.19. The minimum Gasteiger partial charge on any atom is -0.337 e. The Balaban J connectivity index is 1.43. The number of nitrogens with zero attached hydrogens (tertiary/aromatic N) is 2. The second-order valence-corrected chi connectivity index (χ2v) is 7.81. The van der Waals surface area contributed by atoms with Crippen LogP contribution in [0, 0.1) is 41.4 Å². The molecule has 1 heterocycles. The lowest BCUT2D eigenvalue weighted by molar-refractivity contribution is 0.151. The van der Waals surface area contributed by atoms with E-state index >= 15 is 0 Å². The van der Waals surface area contributed by atoms with Crippen LogP contribution in [0.3, 0.4) is 0 Å². The van der Waals surface area contributed by atoms with Crippen molar-refractivity contribution >= 4 is 0 Å². The summed E-state index contributed by atoms with van der Waals surface area (Å²) >= 11 is 0. The zero-order valence-electron chi connectivity index (χ0n) is 12.5. The van der Waals surface area contributed by atoms with Gasteiger partial charge in [0.2, 0.25) is 0 Å². The van der Waals surface area contributed by atoms with Gasteiger partial charge in [-0.15, -0.1) is 0 Å². The van der Waals surface area contributed by atoms with E-state index in [1.165, 1.54) is 32.2 Å². The Bertz CT molecular complexity index is 536. The zero-order chi connectivity index (χ0) is 13.8. The van der Waals surface area contributed by atoms with Crippen LogP contribution in [0.4, 0.5) is 0 Å². The maximum absolute atomic E-state index is 4.26. The molecule has 6 unspecified atom stereocenters. The van der Waals surface area contributed by atoms with Gasteiger partial charge < -0.3 is 4.57 Å². The highest BCUT2D eigenvalue weighted by Gasteiger charge is 2.47. The lowest BCUT2D eigenvalue weighted by atomic mass is 9.70. The van der Waals surface area contributed by atoms with Crippen molar-refractivity contribution in [3.8, 4) is 0 Å². The van der Waals surface area contributed by atoms with Crippen LogP contribution in [0.2, 0.25) is 0 Å². The van der Waals surface area contributed by atoms with Crippen molar-refractivity contribution in [1.82, 2.24) is 9.55 Å². The van der Waals surface area contributed by atoms with E-state index in [9.17, 15) is 0 Å². The Morgan fingerprint density at radius 2 is 1.57 bits per heavy atom. The lowest BCUT2D eigenvalue weighted by Gasteiger charge is -2.36.